The van der Waals surface area contributed by atoms with E-state index in [4.69, 9.17) is 14.2 Å². The third kappa shape index (κ3) is 7.88. The molecule has 2 aromatic carbocycles. The first-order chi connectivity index (χ1) is 20.7. The molecule has 12 heteroatoms. The van der Waals surface area contributed by atoms with Crippen LogP contribution < -0.4 is 9.47 Å². The Balaban J connectivity index is 1.18. The molecule has 5 rings (SSSR count). The smallest absolute Gasteiger partial charge is 0.362 e. The van der Waals surface area contributed by atoms with E-state index in [1.54, 1.807) is 13.4 Å². The Hall–Kier alpha value is -4.03. The average molecular weight is 605 g/mol. The summed E-state index contributed by atoms with van der Waals surface area (Å²) in [6, 6.07) is 17.2. The lowest BCUT2D eigenvalue weighted by molar-refractivity contribution is 0.0676. The normalized spacial score (nSPS) is 17.1. The van der Waals surface area contributed by atoms with Gasteiger partial charge in [0.1, 0.15) is 24.9 Å². The lowest BCUT2D eigenvalue weighted by Gasteiger charge is -2.29. The summed E-state index contributed by atoms with van der Waals surface area (Å²) in [6.45, 7) is 8.56. The highest BCUT2D eigenvalue weighted by Crippen LogP contribution is 2.36. The number of hydrogen-bond donors (Lipinski definition) is 1. The number of hydrogen-bond acceptors (Lipinski definition) is 8. The minimum Gasteiger partial charge on any atom is -0.497 e. The van der Waals surface area contributed by atoms with Gasteiger partial charge in [0.2, 0.25) is 11.6 Å². The van der Waals surface area contributed by atoms with Gasteiger partial charge in [-0.3, -0.25) is 4.57 Å². The summed E-state index contributed by atoms with van der Waals surface area (Å²) in [4.78, 5) is 11.9. The summed E-state index contributed by atoms with van der Waals surface area (Å²) in [5.41, 5.74) is 3.05. The third-order valence-corrected chi connectivity index (χ3v) is 9.52. The summed E-state index contributed by atoms with van der Waals surface area (Å²) in [5, 5.41) is 26.1. The Morgan fingerprint density at radius 2 is 1.72 bits per heavy atom. The van der Waals surface area contributed by atoms with Crippen molar-refractivity contribution in [1.82, 2.24) is 29.8 Å². The van der Waals surface area contributed by atoms with E-state index in [9.17, 15) is 9.90 Å². The van der Waals surface area contributed by atoms with Gasteiger partial charge in [0.15, 0.2) is 5.82 Å². The van der Waals surface area contributed by atoms with E-state index in [0.717, 1.165) is 61.0 Å². The lowest BCUT2D eigenvalue weighted by atomic mass is 9.82. The molecule has 2 heterocycles. The van der Waals surface area contributed by atoms with E-state index in [2.05, 4.69) is 64.4 Å². The molecule has 0 bridgehead atoms. The number of aromatic nitrogens is 6. The molecule has 11 nitrogen and oxygen atoms in total. The van der Waals surface area contributed by atoms with Crippen LogP contribution in [-0.4, -0.2) is 68.7 Å². The lowest BCUT2D eigenvalue weighted by Crippen LogP contribution is -2.25. The Labute approximate surface area is 252 Å². The van der Waals surface area contributed by atoms with E-state index in [-0.39, 0.29) is 17.7 Å². The van der Waals surface area contributed by atoms with Gasteiger partial charge >= 0.3 is 5.97 Å². The van der Waals surface area contributed by atoms with Crippen molar-refractivity contribution >= 4 is 14.0 Å². The zero-order valence-electron chi connectivity index (χ0n) is 25.3. The van der Waals surface area contributed by atoms with E-state index in [1.165, 1.54) is 10.2 Å². The molecule has 0 unspecified atom stereocenters. The number of benzene rings is 2. The maximum atomic E-state index is 11.9. The second-order valence-corrected chi connectivity index (χ2v) is 17.9. The Kier molecular flexibility index (Phi) is 9.56. The molecule has 0 atom stereocenters. The van der Waals surface area contributed by atoms with Crippen LogP contribution >= 0.6 is 0 Å². The van der Waals surface area contributed by atoms with Gasteiger partial charge in [-0.1, -0.05) is 61.3 Å². The summed E-state index contributed by atoms with van der Waals surface area (Å²) >= 11 is 0. The zero-order valence-corrected chi connectivity index (χ0v) is 26.3. The third-order valence-electron chi connectivity index (χ3n) is 7.82. The second kappa shape index (κ2) is 13.5. The Morgan fingerprint density at radius 3 is 2.37 bits per heavy atom. The second-order valence-electron chi connectivity index (χ2n) is 12.2. The van der Waals surface area contributed by atoms with Crippen molar-refractivity contribution < 1.29 is 24.1 Å². The number of ether oxygens (including phenoxy) is 3. The monoisotopic (exact) mass is 604 g/mol. The first-order valence-corrected chi connectivity index (χ1v) is 18.4. The van der Waals surface area contributed by atoms with Crippen LogP contribution in [0.3, 0.4) is 0 Å². The van der Waals surface area contributed by atoms with Crippen molar-refractivity contribution in [2.75, 3.05) is 13.7 Å². The summed E-state index contributed by atoms with van der Waals surface area (Å²) < 4.78 is 20.9. The quantitative estimate of drug-likeness (QED) is 0.151. The average Bonchev–Trinajstić information content (AvgIpc) is 3.63. The molecule has 43 heavy (non-hydrogen) atoms. The molecule has 228 valence electrons. The molecular weight excluding hydrogens is 564 g/mol. The highest BCUT2D eigenvalue weighted by Gasteiger charge is 2.28. The Morgan fingerprint density at radius 1 is 1.00 bits per heavy atom. The first kappa shape index (κ1) is 30.4. The van der Waals surface area contributed by atoms with Gasteiger partial charge in [0.25, 0.3) is 0 Å². The number of nitrogens with zero attached hydrogens (tertiary/aromatic N) is 6. The molecule has 1 N–H and O–H groups in total. The van der Waals surface area contributed by atoms with E-state index >= 15 is 0 Å². The number of rotatable bonds is 13. The largest absolute Gasteiger partial charge is 0.497 e. The predicted molar refractivity (Wildman–Crippen MR) is 164 cm³/mol. The Bertz CT molecular complexity index is 1490. The number of carboxylic acid groups (broad SMARTS) is 1. The van der Waals surface area contributed by atoms with E-state index in [0.29, 0.717) is 19.2 Å². The van der Waals surface area contributed by atoms with Crippen molar-refractivity contribution in [3.63, 3.8) is 0 Å². The molecule has 1 aliphatic carbocycles. The molecule has 1 aliphatic rings. The van der Waals surface area contributed by atoms with Crippen molar-refractivity contribution in [3.05, 3.63) is 71.7 Å². The molecule has 0 amide bonds. The molecular formula is C31H40N6O5Si. The molecule has 1 fully saturated rings. The van der Waals surface area contributed by atoms with Gasteiger partial charge < -0.3 is 19.3 Å². The van der Waals surface area contributed by atoms with Crippen LogP contribution in [0.4, 0.5) is 0 Å². The highest BCUT2D eigenvalue weighted by atomic mass is 28.3. The van der Waals surface area contributed by atoms with Crippen LogP contribution in [0.15, 0.2) is 54.9 Å². The standard InChI is InChI=1S/C31H40N6O5Si/c1-40-26-13-5-22(6-14-26)19-37-30(28(31(38)39)33-35-37)42-27-15-11-24(12-16-27)23-7-9-25(10-8-23)29-34-32-20-36(29)21-41-17-18-43(2,3)4/h5-10,13-14,20,24,27H,11-12,15-19,21H2,1-4H3,(H,38,39)/t24-,27-. The predicted octanol–water partition coefficient (Wildman–Crippen LogP) is 5.71. The van der Waals surface area contributed by atoms with Crippen LogP contribution in [0.2, 0.25) is 25.7 Å². The number of carbonyl (C=O) groups is 1. The highest BCUT2D eigenvalue weighted by molar-refractivity contribution is 6.76. The van der Waals surface area contributed by atoms with Crippen molar-refractivity contribution in [1.29, 1.82) is 0 Å². The van der Waals surface area contributed by atoms with Crippen LogP contribution in [0, 0.1) is 0 Å². The van der Waals surface area contributed by atoms with Crippen LogP contribution in [0.5, 0.6) is 11.6 Å². The number of carboxylic acids is 1. The van der Waals surface area contributed by atoms with Gasteiger partial charge in [-0.25, -0.2) is 9.48 Å². The molecule has 2 aromatic heterocycles. The van der Waals surface area contributed by atoms with Gasteiger partial charge in [0.05, 0.1) is 13.7 Å². The molecule has 0 aliphatic heterocycles. The van der Waals surface area contributed by atoms with Crippen LogP contribution in [-0.2, 0) is 18.0 Å². The van der Waals surface area contributed by atoms with Crippen molar-refractivity contribution in [3.8, 4) is 23.0 Å². The molecule has 0 saturated heterocycles. The summed E-state index contributed by atoms with van der Waals surface area (Å²) in [5.74, 6) is 0.990. The summed E-state index contributed by atoms with van der Waals surface area (Å²) in [6.07, 6.45) is 5.10. The SMILES string of the molecule is COc1ccc(Cn2nnc(C(=O)O)c2O[C@H]2CC[C@H](c3ccc(-c4nncn4COCC[Si](C)(C)C)cc3)CC2)cc1. The van der Waals surface area contributed by atoms with Gasteiger partial charge in [-0.2, -0.15) is 0 Å². The van der Waals surface area contributed by atoms with Crippen molar-refractivity contribution in [2.24, 2.45) is 0 Å². The maximum absolute atomic E-state index is 11.9. The minimum absolute atomic E-state index is 0.110. The van der Waals surface area contributed by atoms with Gasteiger partial charge in [0, 0.05) is 20.2 Å². The van der Waals surface area contributed by atoms with Gasteiger partial charge in [-0.15, -0.1) is 15.3 Å². The summed E-state index contributed by atoms with van der Waals surface area (Å²) in [7, 11) is 0.479. The number of aromatic carboxylic acids is 1. The van der Waals surface area contributed by atoms with E-state index < -0.39 is 14.0 Å². The molecule has 0 radical (unpaired) electrons. The van der Waals surface area contributed by atoms with Crippen LogP contribution in [0.1, 0.15) is 53.2 Å². The molecule has 4 aromatic rings. The topological polar surface area (TPSA) is 126 Å². The fourth-order valence-corrected chi connectivity index (χ4v) is 6.01. The minimum atomic E-state index is -1.15. The van der Waals surface area contributed by atoms with Gasteiger partial charge in [-0.05, 0) is 60.9 Å². The van der Waals surface area contributed by atoms with Crippen LogP contribution in [0.25, 0.3) is 11.4 Å². The van der Waals surface area contributed by atoms with Crippen molar-refractivity contribution in [2.45, 2.75) is 76.7 Å². The fraction of sp³-hybridized carbons (Fsp3) is 0.452. The molecule has 1 saturated carbocycles. The number of methoxy groups -OCH3 is 1. The van der Waals surface area contributed by atoms with E-state index in [1.807, 2.05) is 28.8 Å². The zero-order chi connectivity index (χ0) is 30.4. The first-order valence-electron chi connectivity index (χ1n) is 14.7. The fourth-order valence-electron chi connectivity index (χ4n) is 5.25. The molecule has 0 spiro atoms. The maximum Gasteiger partial charge on any atom is 0.362 e.